The van der Waals surface area contributed by atoms with E-state index in [-0.39, 0.29) is 5.04 Å². The zero-order valence-corrected chi connectivity index (χ0v) is 14.6. The molecule has 0 saturated heterocycles. The van der Waals surface area contributed by atoms with Gasteiger partial charge in [-0.05, 0) is 18.1 Å². The topological polar surface area (TPSA) is 53.4 Å². The molecule has 7 heteroatoms. The summed E-state index contributed by atoms with van der Waals surface area (Å²) in [5.74, 6) is 0.372. The molecule has 1 atom stereocenters. The Labute approximate surface area is 119 Å². The van der Waals surface area contributed by atoms with E-state index >= 15 is 0 Å². The van der Waals surface area contributed by atoms with Crippen molar-refractivity contribution in [2.75, 3.05) is 6.26 Å². The first-order chi connectivity index (χ1) is 8.53. The van der Waals surface area contributed by atoms with Gasteiger partial charge >= 0.3 is 0 Å². The second kappa shape index (κ2) is 5.76. The molecule has 0 aliphatic heterocycles. The summed E-state index contributed by atoms with van der Waals surface area (Å²) in [6, 6.07) is 1.77. The average molecular weight is 304 g/mol. The fourth-order valence-electron chi connectivity index (χ4n) is 1.24. The Hall–Kier alpha value is -0.663. The lowest BCUT2D eigenvalue weighted by Gasteiger charge is -2.36. The zero-order chi connectivity index (χ0) is 14.8. The Kier molecular flexibility index (Phi) is 4.97. The lowest BCUT2D eigenvalue weighted by Crippen LogP contribution is -2.40. The summed E-state index contributed by atoms with van der Waals surface area (Å²) in [6.07, 6.45) is 1.47. The molecule has 1 rings (SSSR count). The van der Waals surface area contributed by atoms with E-state index in [0.717, 1.165) is 5.69 Å². The Morgan fingerprint density at radius 1 is 1.42 bits per heavy atom. The molecule has 0 aliphatic carbocycles. The van der Waals surface area contributed by atoms with Gasteiger partial charge in [-0.25, -0.2) is 4.21 Å². The molecule has 19 heavy (non-hydrogen) atoms. The van der Waals surface area contributed by atoms with Crippen LogP contribution in [0.4, 0.5) is 0 Å². The lowest BCUT2D eigenvalue weighted by atomic mass is 10.2. The quantitative estimate of drug-likeness (QED) is 0.785. The molecule has 0 N–H and O–H groups in total. The van der Waals surface area contributed by atoms with E-state index in [1.54, 1.807) is 10.7 Å². The highest BCUT2D eigenvalue weighted by molar-refractivity contribution is 7.79. The molecular formula is C12H24N2O3SSi. The minimum atomic E-state index is -1.78. The van der Waals surface area contributed by atoms with E-state index < -0.39 is 19.4 Å². The minimum Gasteiger partial charge on any atom is -0.411 e. The van der Waals surface area contributed by atoms with Crippen LogP contribution in [-0.4, -0.2) is 28.6 Å². The third-order valence-electron chi connectivity index (χ3n) is 3.54. The number of hydrogen-bond donors (Lipinski definition) is 0. The monoisotopic (exact) mass is 304 g/mol. The van der Waals surface area contributed by atoms with Gasteiger partial charge in [0.05, 0.1) is 12.3 Å². The third kappa shape index (κ3) is 4.43. The van der Waals surface area contributed by atoms with Gasteiger partial charge in [0.15, 0.2) is 8.32 Å². The van der Waals surface area contributed by atoms with E-state index in [0.29, 0.717) is 12.5 Å². The van der Waals surface area contributed by atoms with Crippen LogP contribution in [0.15, 0.2) is 6.07 Å². The minimum absolute atomic E-state index is 0.176. The van der Waals surface area contributed by atoms with Crippen molar-refractivity contribution in [1.82, 2.24) is 9.78 Å². The average Bonchev–Trinajstić information content (AvgIpc) is 2.53. The fraction of sp³-hybridized carbons (Fsp3) is 0.750. The van der Waals surface area contributed by atoms with Gasteiger partial charge in [-0.15, -0.1) is 5.10 Å². The number of rotatable bonds is 5. The van der Waals surface area contributed by atoms with E-state index in [1.807, 2.05) is 7.05 Å². The van der Waals surface area contributed by atoms with Crippen molar-refractivity contribution < 1.29 is 12.8 Å². The Morgan fingerprint density at radius 2 is 2.00 bits per heavy atom. The molecule has 0 amide bonds. The Morgan fingerprint density at radius 3 is 2.47 bits per heavy atom. The maximum atomic E-state index is 11.0. The molecule has 0 aromatic carbocycles. The highest BCUT2D eigenvalue weighted by Crippen LogP contribution is 2.37. The van der Waals surface area contributed by atoms with Gasteiger partial charge in [-0.3, -0.25) is 4.68 Å². The molecule has 0 radical (unpaired) electrons. The molecule has 110 valence electrons. The SMILES string of the molecule is Cn1nc(OS(C)=O)cc1CO[Si](C)(C)C(C)(C)C. The van der Waals surface area contributed by atoms with E-state index in [4.69, 9.17) is 8.61 Å². The van der Waals surface area contributed by atoms with E-state index in [2.05, 4.69) is 39.0 Å². The predicted octanol–water partition coefficient (Wildman–Crippen LogP) is 2.61. The third-order valence-corrected chi connectivity index (χ3v) is 8.43. The summed E-state index contributed by atoms with van der Waals surface area (Å²) in [6.45, 7) is 11.5. The van der Waals surface area contributed by atoms with Crippen LogP contribution in [0.25, 0.3) is 0 Å². The standard InChI is InChI=1S/C12H24N2O3SSi/c1-12(2,3)19(6,7)16-9-10-8-11(13-14(10)4)17-18(5)15/h8H,9H2,1-7H3. The predicted molar refractivity (Wildman–Crippen MR) is 79.9 cm³/mol. The van der Waals surface area contributed by atoms with Gasteiger partial charge < -0.3 is 8.61 Å². The van der Waals surface area contributed by atoms with Crippen LogP contribution < -0.4 is 4.18 Å². The maximum absolute atomic E-state index is 11.0. The lowest BCUT2D eigenvalue weighted by molar-refractivity contribution is 0.266. The molecule has 5 nitrogen and oxygen atoms in total. The van der Waals surface area contributed by atoms with Crippen LogP contribution >= 0.6 is 0 Å². The second-order valence-electron chi connectivity index (χ2n) is 6.13. The number of hydrogen-bond acceptors (Lipinski definition) is 4. The Bertz CT molecular complexity index is 466. The van der Waals surface area contributed by atoms with Gasteiger partial charge in [-0.1, -0.05) is 20.8 Å². The molecule has 0 saturated carbocycles. The highest BCUT2D eigenvalue weighted by atomic mass is 32.2. The molecule has 1 heterocycles. The molecule has 1 unspecified atom stereocenters. The van der Waals surface area contributed by atoms with Crippen LogP contribution in [0, 0.1) is 0 Å². The van der Waals surface area contributed by atoms with Crippen molar-refractivity contribution in [3.05, 3.63) is 11.8 Å². The van der Waals surface area contributed by atoms with Crippen molar-refractivity contribution in [3.63, 3.8) is 0 Å². The van der Waals surface area contributed by atoms with Gasteiger partial charge in [0, 0.05) is 19.4 Å². The summed E-state index contributed by atoms with van der Waals surface area (Å²) >= 11 is -1.35. The van der Waals surface area contributed by atoms with Crippen molar-refractivity contribution in [3.8, 4) is 5.88 Å². The first-order valence-electron chi connectivity index (χ1n) is 6.21. The van der Waals surface area contributed by atoms with Gasteiger partial charge in [0.2, 0.25) is 17.0 Å². The first kappa shape index (κ1) is 16.4. The number of aromatic nitrogens is 2. The van der Waals surface area contributed by atoms with Gasteiger partial charge in [-0.2, -0.15) is 0 Å². The van der Waals surface area contributed by atoms with E-state index in [1.165, 1.54) is 6.26 Å². The summed E-state index contributed by atoms with van der Waals surface area (Å²) < 4.78 is 23.9. The fourth-order valence-corrected chi connectivity index (χ4v) is 2.51. The maximum Gasteiger partial charge on any atom is 0.249 e. The molecule has 0 aliphatic rings. The molecule has 1 aromatic heterocycles. The summed E-state index contributed by atoms with van der Waals surface area (Å²) in [5.41, 5.74) is 0.922. The summed E-state index contributed by atoms with van der Waals surface area (Å²) in [5, 5.41) is 4.33. The molecular weight excluding hydrogens is 280 g/mol. The molecule has 0 fully saturated rings. The van der Waals surface area contributed by atoms with Crippen molar-refractivity contribution in [1.29, 1.82) is 0 Å². The largest absolute Gasteiger partial charge is 0.411 e. The molecule has 1 aromatic rings. The molecule has 0 spiro atoms. The van der Waals surface area contributed by atoms with Gasteiger partial charge in [0.1, 0.15) is 0 Å². The van der Waals surface area contributed by atoms with Crippen molar-refractivity contribution in [2.45, 2.75) is 45.5 Å². The van der Waals surface area contributed by atoms with Crippen LogP contribution in [0.5, 0.6) is 5.88 Å². The van der Waals surface area contributed by atoms with E-state index in [9.17, 15) is 4.21 Å². The summed E-state index contributed by atoms with van der Waals surface area (Å²) in [7, 11) is 0.0539. The van der Waals surface area contributed by atoms with Crippen molar-refractivity contribution in [2.24, 2.45) is 7.05 Å². The number of aryl methyl sites for hydroxylation is 1. The zero-order valence-electron chi connectivity index (χ0n) is 12.8. The molecule has 0 bridgehead atoms. The normalized spacial score (nSPS) is 14.5. The second-order valence-corrected chi connectivity index (χ2v) is 11.9. The smallest absolute Gasteiger partial charge is 0.249 e. The Balaban J connectivity index is 2.73. The first-order valence-corrected chi connectivity index (χ1v) is 10.6. The summed E-state index contributed by atoms with van der Waals surface area (Å²) in [4.78, 5) is 0. The van der Waals surface area contributed by atoms with Crippen LogP contribution in [0.3, 0.4) is 0 Å². The van der Waals surface area contributed by atoms with Crippen LogP contribution in [-0.2, 0) is 29.2 Å². The van der Waals surface area contributed by atoms with Crippen LogP contribution in [0.1, 0.15) is 26.5 Å². The van der Waals surface area contributed by atoms with Crippen LogP contribution in [0.2, 0.25) is 18.1 Å². The highest BCUT2D eigenvalue weighted by Gasteiger charge is 2.37. The van der Waals surface area contributed by atoms with Crippen molar-refractivity contribution >= 4 is 19.4 Å². The van der Waals surface area contributed by atoms with Gasteiger partial charge in [0.25, 0.3) is 0 Å². The number of nitrogens with zero attached hydrogens (tertiary/aromatic N) is 2.